The Bertz CT molecular complexity index is 897. The van der Waals surface area contributed by atoms with Crippen molar-refractivity contribution in [1.82, 2.24) is 0 Å². The summed E-state index contributed by atoms with van der Waals surface area (Å²) >= 11 is 0. The minimum Gasteiger partial charge on any atom is -0.396 e. The molecule has 0 radical (unpaired) electrons. The Kier molecular flexibility index (Phi) is 3.86. The molecule has 4 rings (SSSR count). The van der Waals surface area contributed by atoms with Crippen LogP contribution >= 0.6 is 10.5 Å². The molecule has 0 aliphatic rings. The van der Waals surface area contributed by atoms with Crippen LogP contribution < -0.4 is 0 Å². The van der Waals surface area contributed by atoms with Crippen LogP contribution in [0.25, 0.3) is 25.1 Å². The molecule has 0 saturated heterocycles. The van der Waals surface area contributed by atoms with Crippen LogP contribution in [-0.2, 0) is 6.42 Å². The smallest absolute Gasteiger partial charge is 0.187 e. The largest absolute Gasteiger partial charge is 0.396 e. The van der Waals surface area contributed by atoms with E-state index < -0.39 is 0 Å². The molecule has 0 amide bonds. The molecule has 0 aliphatic carbocycles. The maximum Gasteiger partial charge on any atom is 0.187 e. The lowest BCUT2D eigenvalue weighted by atomic mass is 10.1. The number of hydrogen-bond donors (Lipinski definition) is 1. The molecule has 3 aromatic carbocycles. The van der Waals surface area contributed by atoms with Crippen molar-refractivity contribution >= 4 is 30.6 Å². The zero-order chi connectivity index (χ0) is 15.6. The third-order valence-corrected chi connectivity index (χ3v) is 6.62. The topological polar surface area (TPSA) is 20.2 Å². The van der Waals surface area contributed by atoms with Gasteiger partial charge in [-0.1, -0.05) is 36.4 Å². The van der Waals surface area contributed by atoms with E-state index in [-0.39, 0.29) is 17.1 Å². The van der Waals surface area contributed by atoms with E-state index in [0.717, 1.165) is 12.8 Å². The first kappa shape index (κ1) is 14.4. The molecular formula is C21H19OS+. The lowest BCUT2D eigenvalue weighted by Crippen LogP contribution is -1.88. The number of hydrogen-bond acceptors (Lipinski definition) is 1. The van der Waals surface area contributed by atoms with Gasteiger partial charge in [-0.3, -0.25) is 0 Å². The highest BCUT2D eigenvalue weighted by atomic mass is 32.2. The summed E-state index contributed by atoms with van der Waals surface area (Å²) in [6.45, 7) is 0.257. The molecule has 0 unspecified atom stereocenters. The fourth-order valence-corrected chi connectivity index (χ4v) is 5.56. The SMILES string of the molecule is OCCCc1ccc(-[s+]2c3ccccc3c3ccccc32)cc1. The Morgan fingerprint density at radius 1 is 0.696 bits per heavy atom. The van der Waals surface area contributed by atoms with Gasteiger partial charge >= 0.3 is 0 Å². The van der Waals surface area contributed by atoms with Gasteiger partial charge < -0.3 is 5.11 Å². The number of aryl methyl sites for hydroxylation is 1. The summed E-state index contributed by atoms with van der Waals surface area (Å²) in [6.07, 6.45) is 1.77. The van der Waals surface area contributed by atoms with Crippen molar-refractivity contribution in [1.29, 1.82) is 0 Å². The lowest BCUT2D eigenvalue weighted by molar-refractivity contribution is 0.288. The van der Waals surface area contributed by atoms with Gasteiger partial charge in [-0.05, 0) is 54.8 Å². The summed E-state index contributed by atoms with van der Waals surface area (Å²) in [5, 5.41) is 11.7. The molecule has 0 atom stereocenters. The van der Waals surface area contributed by atoms with Gasteiger partial charge in [0.2, 0.25) is 0 Å². The predicted octanol–water partition coefficient (Wildman–Crippen LogP) is 5.66. The van der Waals surface area contributed by atoms with Gasteiger partial charge in [0.1, 0.15) is 0 Å². The van der Waals surface area contributed by atoms with E-state index in [2.05, 4.69) is 72.8 Å². The summed E-state index contributed by atoms with van der Waals surface area (Å²) in [7, 11) is -0.00393. The van der Waals surface area contributed by atoms with E-state index in [1.165, 1.54) is 30.6 Å². The molecule has 0 spiro atoms. The average molecular weight is 319 g/mol. The lowest BCUT2D eigenvalue weighted by Gasteiger charge is -1.99. The highest BCUT2D eigenvalue weighted by molar-refractivity contribution is 7.50. The normalized spacial score (nSPS) is 11.3. The van der Waals surface area contributed by atoms with E-state index in [9.17, 15) is 0 Å². The molecule has 0 bridgehead atoms. The Balaban J connectivity index is 1.90. The molecule has 0 aliphatic heterocycles. The number of aliphatic hydroxyl groups excluding tert-OH is 1. The molecular weight excluding hydrogens is 300 g/mol. The van der Waals surface area contributed by atoms with E-state index in [1.54, 1.807) is 0 Å². The first-order valence-electron chi connectivity index (χ1n) is 8.01. The molecule has 1 nitrogen and oxygen atoms in total. The Labute approximate surface area is 138 Å². The molecule has 0 saturated carbocycles. The summed E-state index contributed by atoms with van der Waals surface area (Å²) in [4.78, 5) is 1.37. The van der Waals surface area contributed by atoms with E-state index in [0.29, 0.717) is 0 Å². The second-order valence-electron chi connectivity index (χ2n) is 5.77. The molecule has 1 N–H and O–H groups in total. The highest BCUT2D eigenvalue weighted by Gasteiger charge is 2.22. The minimum atomic E-state index is -0.00393. The predicted molar refractivity (Wildman–Crippen MR) is 101 cm³/mol. The number of aliphatic hydroxyl groups is 1. The number of rotatable bonds is 4. The second-order valence-corrected chi connectivity index (χ2v) is 7.73. The van der Waals surface area contributed by atoms with Crippen molar-refractivity contribution in [3.05, 3.63) is 78.4 Å². The van der Waals surface area contributed by atoms with Gasteiger partial charge in [0.15, 0.2) is 14.3 Å². The Hall–Kier alpha value is -2.16. The van der Waals surface area contributed by atoms with Gasteiger partial charge in [-0.2, -0.15) is 0 Å². The molecule has 114 valence electrons. The van der Waals surface area contributed by atoms with Crippen molar-refractivity contribution in [3.8, 4) is 4.90 Å². The maximum absolute atomic E-state index is 8.97. The van der Waals surface area contributed by atoms with Crippen LogP contribution in [0, 0.1) is 0 Å². The van der Waals surface area contributed by atoms with Gasteiger partial charge in [0.25, 0.3) is 0 Å². The monoisotopic (exact) mass is 319 g/mol. The first-order valence-corrected chi connectivity index (χ1v) is 9.23. The van der Waals surface area contributed by atoms with Gasteiger partial charge in [0.05, 0.1) is 0 Å². The number of fused-ring (bicyclic) bond motifs is 3. The van der Waals surface area contributed by atoms with Crippen LogP contribution in [0.15, 0.2) is 72.8 Å². The first-order chi connectivity index (χ1) is 11.4. The van der Waals surface area contributed by atoms with Crippen LogP contribution in [0.1, 0.15) is 12.0 Å². The highest BCUT2D eigenvalue weighted by Crippen LogP contribution is 2.48. The van der Waals surface area contributed by atoms with Gasteiger partial charge in [-0.25, -0.2) is 0 Å². The summed E-state index contributed by atoms with van der Waals surface area (Å²) < 4.78 is 2.86. The van der Waals surface area contributed by atoms with Crippen LogP contribution in [0.4, 0.5) is 0 Å². The van der Waals surface area contributed by atoms with E-state index >= 15 is 0 Å². The zero-order valence-electron chi connectivity index (χ0n) is 12.9. The minimum absolute atomic E-state index is 0.00393. The second kappa shape index (κ2) is 6.15. The molecule has 0 fully saturated rings. The van der Waals surface area contributed by atoms with Gasteiger partial charge in [0, 0.05) is 27.8 Å². The molecule has 1 heterocycles. The standard InChI is InChI=1S/C21H19OS/c22-15-5-6-16-11-13-17(14-12-16)23-20-9-3-1-7-18(20)19-8-2-4-10-21(19)23/h1-4,7-14,22H,5-6,15H2/q+1. The summed E-state index contributed by atoms with van der Waals surface area (Å²) in [6, 6.07) is 26.5. The van der Waals surface area contributed by atoms with Crippen molar-refractivity contribution in [2.45, 2.75) is 12.8 Å². The Morgan fingerprint density at radius 3 is 1.83 bits per heavy atom. The molecule has 2 heteroatoms. The van der Waals surface area contributed by atoms with Crippen molar-refractivity contribution in [2.24, 2.45) is 0 Å². The summed E-state index contributed by atoms with van der Waals surface area (Å²) in [5.41, 5.74) is 1.30. The zero-order valence-corrected chi connectivity index (χ0v) is 13.7. The summed E-state index contributed by atoms with van der Waals surface area (Å²) in [5.74, 6) is 0. The number of thiophene rings is 1. The van der Waals surface area contributed by atoms with E-state index in [4.69, 9.17) is 5.11 Å². The fraction of sp³-hybridized carbons (Fsp3) is 0.143. The van der Waals surface area contributed by atoms with Crippen LogP contribution in [-0.4, -0.2) is 11.7 Å². The quantitative estimate of drug-likeness (QED) is 0.481. The van der Waals surface area contributed by atoms with Crippen LogP contribution in [0.3, 0.4) is 0 Å². The van der Waals surface area contributed by atoms with Gasteiger partial charge in [-0.15, -0.1) is 0 Å². The average Bonchev–Trinajstić information content (AvgIpc) is 2.95. The fourth-order valence-electron chi connectivity index (χ4n) is 3.18. The molecule has 1 aromatic heterocycles. The maximum atomic E-state index is 8.97. The third kappa shape index (κ3) is 2.54. The van der Waals surface area contributed by atoms with Crippen molar-refractivity contribution in [3.63, 3.8) is 0 Å². The number of benzene rings is 3. The van der Waals surface area contributed by atoms with E-state index in [1.807, 2.05) is 0 Å². The van der Waals surface area contributed by atoms with Crippen molar-refractivity contribution < 1.29 is 5.11 Å². The third-order valence-electron chi connectivity index (χ3n) is 4.29. The molecule has 23 heavy (non-hydrogen) atoms. The molecule has 4 aromatic rings. The Morgan fingerprint density at radius 2 is 1.26 bits per heavy atom. The van der Waals surface area contributed by atoms with Crippen LogP contribution in [0.5, 0.6) is 0 Å². The van der Waals surface area contributed by atoms with Crippen LogP contribution in [0.2, 0.25) is 0 Å². The van der Waals surface area contributed by atoms with Crippen molar-refractivity contribution in [2.75, 3.05) is 6.61 Å².